The van der Waals surface area contributed by atoms with Gasteiger partial charge >= 0.3 is 5.97 Å². The Hall–Kier alpha value is -0.660. The van der Waals surface area contributed by atoms with Crippen molar-refractivity contribution < 1.29 is 17.9 Å². The number of esters is 1. The summed E-state index contributed by atoms with van der Waals surface area (Å²) in [6.45, 7) is 3.68. The van der Waals surface area contributed by atoms with Crippen LogP contribution >= 0.6 is 0 Å². The summed E-state index contributed by atoms with van der Waals surface area (Å²) in [6.07, 6.45) is 3.65. The number of nitrogens with one attached hydrogen (secondary N) is 2. The molecule has 0 spiro atoms. The smallest absolute Gasteiger partial charge is 0.310 e. The number of carbonyl (C=O) groups excluding carboxylic acids is 1. The summed E-state index contributed by atoms with van der Waals surface area (Å²) in [5.74, 6) is -0.671. The van der Waals surface area contributed by atoms with E-state index in [2.05, 4.69) is 10.0 Å². The minimum atomic E-state index is -3.50. The number of hydrogen-bond acceptors (Lipinski definition) is 5. The molecule has 1 aliphatic heterocycles. The van der Waals surface area contributed by atoms with Crippen molar-refractivity contribution in [2.45, 2.75) is 50.3 Å². The van der Waals surface area contributed by atoms with E-state index in [1.54, 1.807) is 0 Å². The summed E-state index contributed by atoms with van der Waals surface area (Å²) in [5.41, 5.74) is 0. The van der Waals surface area contributed by atoms with E-state index in [1.165, 1.54) is 7.11 Å². The van der Waals surface area contributed by atoms with Crippen molar-refractivity contribution >= 4 is 16.0 Å². The van der Waals surface area contributed by atoms with Crippen molar-refractivity contribution in [3.8, 4) is 0 Å². The van der Waals surface area contributed by atoms with Crippen molar-refractivity contribution in [1.82, 2.24) is 10.0 Å². The van der Waals surface area contributed by atoms with Crippen molar-refractivity contribution in [3.05, 3.63) is 0 Å². The van der Waals surface area contributed by atoms with Crippen LogP contribution < -0.4 is 10.0 Å². The molecule has 0 aromatic rings. The molecule has 6 nitrogen and oxygen atoms in total. The van der Waals surface area contributed by atoms with Crippen molar-refractivity contribution in [2.24, 2.45) is 11.8 Å². The molecule has 4 atom stereocenters. The summed E-state index contributed by atoms with van der Waals surface area (Å²) < 4.78 is 33.0. The summed E-state index contributed by atoms with van der Waals surface area (Å²) in [4.78, 5) is 11.9. The summed E-state index contributed by atoms with van der Waals surface area (Å²) in [7, 11) is -2.18. The molecule has 0 aromatic carbocycles. The molecule has 2 fully saturated rings. The van der Waals surface area contributed by atoms with E-state index in [4.69, 9.17) is 4.74 Å². The fraction of sp³-hybridized carbons (Fsp3) is 0.929. The van der Waals surface area contributed by atoms with E-state index >= 15 is 0 Å². The zero-order valence-corrected chi connectivity index (χ0v) is 13.6. The Morgan fingerprint density at radius 3 is 2.62 bits per heavy atom. The minimum Gasteiger partial charge on any atom is -0.469 e. The zero-order chi connectivity index (χ0) is 15.5. The van der Waals surface area contributed by atoms with Gasteiger partial charge in [-0.15, -0.1) is 0 Å². The highest BCUT2D eigenvalue weighted by Crippen LogP contribution is 2.30. The molecule has 21 heavy (non-hydrogen) atoms. The van der Waals surface area contributed by atoms with E-state index in [9.17, 15) is 13.2 Å². The Labute approximate surface area is 127 Å². The zero-order valence-electron chi connectivity index (χ0n) is 12.8. The molecule has 2 N–H and O–H groups in total. The van der Waals surface area contributed by atoms with Crippen molar-refractivity contribution in [1.29, 1.82) is 0 Å². The van der Waals surface area contributed by atoms with Gasteiger partial charge in [0.25, 0.3) is 0 Å². The predicted octanol–water partition coefficient (Wildman–Crippen LogP) is 0.636. The lowest BCUT2D eigenvalue weighted by Crippen LogP contribution is -2.52. The molecule has 0 bridgehead atoms. The highest BCUT2D eigenvalue weighted by Gasteiger charge is 2.41. The molecule has 1 aliphatic carbocycles. The molecule has 122 valence electrons. The van der Waals surface area contributed by atoms with Crippen LogP contribution in [0.3, 0.4) is 0 Å². The van der Waals surface area contributed by atoms with E-state index in [0.717, 1.165) is 32.4 Å². The Morgan fingerprint density at radius 1 is 1.24 bits per heavy atom. The third-order valence-corrected chi connectivity index (χ3v) is 6.70. The molecule has 4 unspecified atom stereocenters. The lowest BCUT2D eigenvalue weighted by Gasteiger charge is -2.34. The molecule has 2 aliphatic rings. The Morgan fingerprint density at radius 2 is 1.95 bits per heavy atom. The van der Waals surface area contributed by atoms with Crippen LogP contribution in [0.15, 0.2) is 0 Å². The normalized spacial score (nSPS) is 34.4. The summed E-state index contributed by atoms with van der Waals surface area (Å²) >= 11 is 0. The third-order valence-electron chi connectivity index (χ3n) is 4.71. The van der Waals surface area contributed by atoms with Crippen LogP contribution in [0.2, 0.25) is 0 Å². The molecular formula is C14H26N2O4S. The fourth-order valence-electron chi connectivity index (χ4n) is 3.38. The average Bonchev–Trinajstić information content (AvgIpc) is 2.48. The van der Waals surface area contributed by atoms with Crippen LogP contribution in [0.5, 0.6) is 0 Å². The van der Waals surface area contributed by atoms with Gasteiger partial charge in [-0.2, -0.15) is 0 Å². The van der Waals surface area contributed by atoms with E-state index in [0.29, 0.717) is 12.8 Å². The maximum atomic E-state index is 12.7. The molecule has 1 saturated carbocycles. The number of carbonyl (C=O) groups is 1. The molecule has 0 amide bonds. The van der Waals surface area contributed by atoms with Crippen molar-refractivity contribution in [2.75, 3.05) is 20.2 Å². The topological polar surface area (TPSA) is 84.5 Å². The number of ether oxygens (including phenoxy) is 1. The van der Waals surface area contributed by atoms with Gasteiger partial charge in [-0.05, 0) is 38.3 Å². The Balaban J connectivity index is 2.10. The van der Waals surface area contributed by atoms with Crippen LogP contribution in [0.4, 0.5) is 0 Å². The van der Waals surface area contributed by atoms with Crippen LogP contribution in [-0.4, -0.2) is 45.9 Å². The molecule has 0 aromatic heterocycles. The Bertz CT molecular complexity index is 466. The van der Waals surface area contributed by atoms with E-state index < -0.39 is 27.2 Å². The highest BCUT2D eigenvalue weighted by atomic mass is 32.2. The van der Waals surface area contributed by atoms with Gasteiger partial charge < -0.3 is 10.1 Å². The van der Waals surface area contributed by atoms with Gasteiger partial charge in [0.15, 0.2) is 0 Å². The molecule has 2 rings (SSSR count). The summed E-state index contributed by atoms with van der Waals surface area (Å²) in [6, 6.07) is -0.0449. The van der Waals surface area contributed by atoms with Gasteiger partial charge in [-0.1, -0.05) is 19.8 Å². The monoisotopic (exact) mass is 318 g/mol. The van der Waals surface area contributed by atoms with Crippen LogP contribution in [-0.2, 0) is 19.6 Å². The van der Waals surface area contributed by atoms with Gasteiger partial charge in [-0.3, -0.25) is 4.79 Å². The maximum absolute atomic E-state index is 12.7. The number of hydrogen-bond donors (Lipinski definition) is 2. The SMILES string of the molecule is COC(=O)C1CCCCC1S(=O)(=O)NC1CCNCC1C. The first-order valence-corrected chi connectivity index (χ1v) is 9.30. The van der Waals surface area contributed by atoms with Gasteiger partial charge in [-0.25, -0.2) is 13.1 Å². The van der Waals surface area contributed by atoms with E-state index in [1.807, 2.05) is 6.92 Å². The number of piperidine rings is 1. The second-order valence-corrected chi connectivity index (χ2v) is 8.12. The first kappa shape index (κ1) is 16.7. The average molecular weight is 318 g/mol. The van der Waals surface area contributed by atoms with Crippen LogP contribution in [0, 0.1) is 11.8 Å². The lowest BCUT2D eigenvalue weighted by atomic mass is 9.89. The van der Waals surface area contributed by atoms with Gasteiger partial charge in [0, 0.05) is 6.04 Å². The highest BCUT2D eigenvalue weighted by molar-refractivity contribution is 7.90. The van der Waals surface area contributed by atoms with Gasteiger partial charge in [0.1, 0.15) is 0 Å². The standard InChI is InChI=1S/C14H26N2O4S/c1-10-9-15-8-7-12(10)16-21(18,19)13-6-4-3-5-11(13)14(17)20-2/h10-13,15-16H,3-9H2,1-2H3. The Kier molecular flexibility index (Phi) is 5.62. The van der Waals surface area contributed by atoms with Gasteiger partial charge in [0.2, 0.25) is 10.0 Å². The first-order valence-electron chi connectivity index (χ1n) is 7.75. The lowest BCUT2D eigenvalue weighted by molar-refractivity contribution is -0.146. The quantitative estimate of drug-likeness (QED) is 0.743. The molecule has 0 radical (unpaired) electrons. The third kappa shape index (κ3) is 3.96. The number of methoxy groups -OCH3 is 1. The van der Waals surface area contributed by atoms with Crippen molar-refractivity contribution in [3.63, 3.8) is 0 Å². The summed E-state index contributed by atoms with van der Waals surface area (Å²) in [5, 5.41) is 2.60. The van der Waals surface area contributed by atoms with Crippen LogP contribution in [0.25, 0.3) is 0 Å². The maximum Gasteiger partial charge on any atom is 0.310 e. The number of sulfonamides is 1. The number of rotatable bonds is 4. The van der Waals surface area contributed by atoms with Gasteiger partial charge in [0.05, 0.1) is 18.3 Å². The molecule has 1 heterocycles. The molecular weight excluding hydrogens is 292 g/mol. The molecule has 1 saturated heterocycles. The molecule has 7 heteroatoms. The second kappa shape index (κ2) is 7.07. The largest absolute Gasteiger partial charge is 0.469 e. The predicted molar refractivity (Wildman–Crippen MR) is 80.3 cm³/mol. The van der Waals surface area contributed by atoms with Crippen LogP contribution in [0.1, 0.15) is 39.0 Å². The minimum absolute atomic E-state index is 0.0449. The fourth-order valence-corrected chi connectivity index (χ4v) is 5.48. The van der Waals surface area contributed by atoms with E-state index in [-0.39, 0.29) is 12.0 Å². The first-order chi connectivity index (χ1) is 9.95. The second-order valence-electron chi connectivity index (χ2n) is 6.19.